The molecule has 2 heterocycles. The third kappa shape index (κ3) is 3.78. The number of carbonyl (C=O) groups excluding carboxylic acids is 1. The Balaban J connectivity index is 1.44. The Morgan fingerprint density at radius 2 is 2.17 bits per heavy atom. The van der Waals surface area contributed by atoms with Gasteiger partial charge in [0, 0.05) is 19.6 Å². The maximum Gasteiger partial charge on any atom is 0.267 e. The summed E-state index contributed by atoms with van der Waals surface area (Å²) in [6.07, 6.45) is 7.82. The van der Waals surface area contributed by atoms with Crippen molar-refractivity contribution >= 4 is 27.5 Å². The summed E-state index contributed by atoms with van der Waals surface area (Å²) in [6.45, 7) is 1.81. The SMILES string of the molecule is CN(CCCNC(=O)c1cc2sccc2n1C)C1CCCCC1. The minimum absolute atomic E-state index is 0.0382. The zero-order valence-corrected chi connectivity index (χ0v) is 15.0. The Bertz CT molecular complexity index is 654. The van der Waals surface area contributed by atoms with Gasteiger partial charge >= 0.3 is 0 Å². The lowest BCUT2D eigenvalue weighted by Gasteiger charge is -2.31. The van der Waals surface area contributed by atoms with Crippen molar-refractivity contribution in [3.05, 3.63) is 23.2 Å². The minimum Gasteiger partial charge on any atom is -0.351 e. The van der Waals surface area contributed by atoms with E-state index in [-0.39, 0.29) is 5.91 Å². The molecule has 0 aliphatic heterocycles. The van der Waals surface area contributed by atoms with Crippen molar-refractivity contribution in [2.75, 3.05) is 20.1 Å². The average molecular weight is 334 g/mol. The van der Waals surface area contributed by atoms with Crippen LogP contribution < -0.4 is 5.32 Å². The quantitative estimate of drug-likeness (QED) is 0.820. The number of amides is 1. The second-order valence-electron chi connectivity index (χ2n) is 6.64. The third-order valence-corrected chi connectivity index (χ3v) is 5.92. The summed E-state index contributed by atoms with van der Waals surface area (Å²) in [4.78, 5) is 14.8. The Morgan fingerprint density at radius 1 is 1.39 bits per heavy atom. The smallest absolute Gasteiger partial charge is 0.267 e. The van der Waals surface area contributed by atoms with Crippen LogP contribution in [-0.4, -0.2) is 41.6 Å². The fourth-order valence-corrected chi connectivity index (χ4v) is 4.44. The molecular formula is C18H27N3OS. The first kappa shape index (κ1) is 16.5. The molecule has 1 aliphatic rings. The third-order valence-electron chi connectivity index (χ3n) is 5.07. The lowest BCUT2D eigenvalue weighted by Crippen LogP contribution is -2.36. The van der Waals surface area contributed by atoms with E-state index in [4.69, 9.17) is 0 Å². The van der Waals surface area contributed by atoms with Crippen molar-refractivity contribution in [1.29, 1.82) is 0 Å². The lowest BCUT2D eigenvalue weighted by atomic mass is 9.94. The molecule has 0 radical (unpaired) electrons. The first-order valence-electron chi connectivity index (χ1n) is 8.68. The molecule has 1 N–H and O–H groups in total. The number of nitrogens with zero attached hydrogens (tertiary/aromatic N) is 2. The fraction of sp³-hybridized carbons (Fsp3) is 0.611. The maximum absolute atomic E-state index is 12.3. The Labute approximate surface area is 142 Å². The Morgan fingerprint density at radius 3 is 2.91 bits per heavy atom. The number of rotatable bonds is 6. The van der Waals surface area contributed by atoms with Gasteiger partial charge in [-0.15, -0.1) is 11.3 Å². The molecule has 2 aromatic heterocycles. The molecule has 1 amide bonds. The van der Waals surface area contributed by atoms with Crippen LogP contribution in [0.5, 0.6) is 0 Å². The molecule has 3 rings (SSSR count). The van der Waals surface area contributed by atoms with E-state index in [9.17, 15) is 4.79 Å². The first-order chi connectivity index (χ1) is 11.2. The molecule has 0 bridgehead atoms. The van der Waals surface area contributed by atoms with Gasteiger partial charge in [0.05, 0.1) is 10.2 Å². The predicted molar refractivity (Wildman–Crippen MR) is 97.2 cm³/mol. The van der Waals surface area contributed by atoms with Crippen LogP contribution in [0.2, 0.25) is 0 Å². The average Bonchev–Trinajstić information content (AvgIpc) is 3.15. The van der Waals surface area contributed by atoms with Gasteiger partial charge in [0.2, 0.25) is 0 Å². The molecule has 0 aromatic carbocycles. The number of carbonyl (C=O) groups is 1. The monoisotopic (exact) mass is 333 g/mol. The van der Waals surface area contributed by atoms with E-state index >= 15 is 0 Å². The number of aryl methyl sites for hydroxylation is 1. The molecule has 1 saturated carbocycles. The number of hydrogen-bond donors (Lipinski definition) is 1. The van der Waals surface area contributed by atoms with Crippen molar-refractivity contribution in [3.63, 3.8) is 0 Å². The van der Waals surface area contributed by atoms with Crippen molar-refractivity contribution in [3.8, 4) is 0 Å². The van der Waals surface area contributed by atoms with Gasteiger partial charge in [-0.2, -0.15) is 0 Å². The van der Waals surface area contributed by atoms with Gasteiger partial charge < -0.3 is 14.8 Å². The van der Waals surface area contributed by atoms with Gasteiger partial charge in [0.1, 0.15) is 5.69 Å². The van der Waals surface area contributed by atoms with Crippen LogP contribution in [0.15, 0.2) is 17.5 Å². The summed E-state index contributed by atoms with van der Waals surface area (Å²) >= 11 is 1.68. The van der Waals surface area contributed by atoms with Gasteiger partial charge in [-0.3, -0.25) is 4.79 Å². The van der Waals surface area contributed by atoms with Crippen LogP contribution in [0.25, 0.3) is 10.2 Å². The zero-order valence-electron chi connectivity index (χ0n) is 14.2. The normalized spacial score (nSPS) is 16.3. The van der Waals surface area contributed by atoms with E-state index in [1.807, 2.05) is 17.7 Å². The molecule has 0 spiro atoms. The van der Waals surface area contributed by atoms with E-state index < -0.39 is 0 Å². The van der Waals surface area contributed by atoms with E-state index in [0.717, 1.165) is 36.8 Å². The van der Waals surface area contributed by atoms with Crippen LogP contribution in [0.4, 0.5) is 0 Å². The second-order valence-corrected chi connectivity index (χ2v) is 7.59. The van der Waals surface area contributed by atoms with Crippen LogP contribution in [0.1, 0.15) is 49.0 Å². The van der Waals surface area contributed by atoms with E-state index in [2.05, 4.69) is 28.7 Å². The highest BCUT2D eigenvalue weighted by Crippen LogP contribution is 2.24. The molecule has 0 atom stereocenters. The molecule has 23 heavy (non-hydrogen) atoms. The van der Waals surface area contributed by atoms with Gasteiger partial charge in [-0.1, -0.05) is 19.3 Å². The molecule has 1 fully saturated rings. The number of thiophene rings is 1. The van der Waals surface area contributed by atoms with E-state index in [1.165, 1.54) is 36.8 Å². The Kier molecular flexibility index (Phi) is 5.38. The standard InChI is InChI=1S/C18H27N3OS/c1-20(14-7-4-3-5-8-14)11-6-10-19-18(22)16-13-17-15(21(16)2)9-12-23-17/h9,12-14H,3-8,10-11H2,1-2H3,(H,19,22). The van der Waals surface area contributed by atoms with Crippen LogP contribution in [0.3, 0.4) is 0 Å². The molecular weight excluding hydrogens is 306 g/mol. The maximum atomic E-state index is 12.3. The van der Waals surface area contributed by atoms with Crippen molar-refractivity contribution < 1.29 is 4.79 Å². The summed E-state index contributed by atoms with van der Waals surface area (Å²) in [7, 11) is 4.18. The molecule has 4 nitrogen and oxygen atoms in total. The molecule has 0 saturated heterocycles. The summed E-state index contributed by atoms with van der Waals surface area (Å²) in [6, 6.07) is 4.80. The van der Waals surface area contributed by atoms with Gasteiger partial charge in [-0.25, -0.2) is 0 Å². The minimum atomic E-state index is 0.0382. The number of hydrogen-bond acceptors (Lipinski definition) is 3. The van der Waals surface area contributed by atoms with Crippen LogP contribution in [-0.2, 0) is 7.05 Å². The summed E-state index contributed by atoms with van der Waals surface area (Å²) < 4.78 is 3.16. The Hall–Kier alpha value is -1.33. The number of fused-ring (bicyclic) bond motifs is 1. The molecule has 0 unspecified atom stereocenters. The molecule has 1 aliphatic carbocycles. The first-order valence-corrected chi connectivity index (χ1v) is 9.56. The topological polar surface area (TPSA) is 37.3 Å². The van der Waals surface area contributed by atoms with Gasteiger partial charge in [0.25, 0.3) is 5.91 Å². The fourth-order valence-electron chi connectivity index (χ4n) is 3.59. The summed E-state index contributed by atoms with van der Waals surface area (Å²) in [5.41, 5.74) is 1.89. The molecule has 126 valence electrons. The molecule has 5 heteroatoms. The van der Waals surface area contributed by atoms with Crippen molar-refractivity contribution in [1.82, 2.24) is 14.8 Å². The van der Waals surface area contributed by atoms with Crippen LogP contribution in [0, 0.1) is 0 Å². The van der Waals surface area contributed by atoms with E-state index in [0.29, 0.717) is 0 Å². The van der Waals surface area contributed by atoms with E-state index in [1.54, 1.807) is 11.3 Å². The summed E-state index contributed by atoms with van der Waals surface area (Å²) in [5, 5.41) is 5.13. The van der Waals surface area contributed by atoms with Gasteiger partial charge in [0.15, 0.2) is 0 Å². The zero-order chi connectivity index (χ0) is 16.2. The van der Waals surface area contributed by atoms with Crippen molar-refractivity contribution in [2.24, 2.45) is 7.05 Å². The number of nitrogens with one attached hydrogen (secondary N) is 1. The van der Waals surface area contributed by atoms with Crippen LogP contribution >= 0.6 is 11.3 Å². The largest absolute Gasteiger partial charge is 0.351 e. The van der Waals surface area contributed by atoms with Crippen molar-refractivity contribution in [2.45, 2.75) is 44.6 Å². The molecule has 2 aromatic rings. The lowest BCUT2D eigenvalue weighted by molar-refractivity contribution is 0.0943. The van der Waals surface area contributed by atoms with Gasteiger partial charge in [-0.05, 0) is 50.4 Å². The highest BCUT2D eigenvalue weighted by atomic mass is 32.1. The second kappa shape index (κ2) is 7.49. The summed E-state index contributed by atoms with van der Waals surface area (Å²) in [5.74, 6) is 0.0382. The highest BCUT2D eigenvalue weighted by molar-refractivity contribution is 7.17. The highest BCUT2D eigenvalue weighted by Gasteiger charge is 2.18. The predicted octanol–water partition coefficient (Wildman–Crippen LogP) is 3.62. The number of aromatic nitrogens is 1.